The number of carboxylic acid groups (broad SMARTS) is 1. The van der Waals surface area contributed by atoms with Crippen LogP contribution in [0, 0.1) is 0 Å². The maximum absolute atomic E-state index is 13.6. The summed E-state index contributed by atoms with van der Waals surface area (Å²) in [5.41, 5.74) is 2.52. The van der Waals surface area contributed by atoms with Gasteiger partial charge in [-0.25, -0.2) is 9.79 Å². The molecule has 1 aliphatic rings. The molecule has 3 heterocycles. The second-order valence-corrected chi connectivity index (χ2v) is 10.8. The number of carbonyl (C=O) groups excluding carboxylic acids is 1. The molecule has 212 valence electrons. The van der Waals surface area contributed by atoms with Gasteiger partial charge in [0.15, 0.2) is 16.3 Å². The Hall–Kier alpha value is -4.48. The Labute approximate surface area is 243 Å². The first-order valence-corrected chi connectivity index (χ1v) is 14.1. The zero-order valence-corrected chi connectivity index (χ0v) is 24.5. The number of hydrogen-bond donors (Lipinski definition) is 1. The molecular formula is C30H28N2O7S2. The maximum Gasteiger partial charge on any atom is 0.338 e. The number of thiophene rings is 1. The average Bonchev–Trinajstić information content (AvgIpc) is 3.60. The van der Waals surface area contributed by atoms with Crippen LogP contribution in [0.2, 0.25) is 0 Å². The van der Waals surface area contributed by atoms with Crippen LogP contribution in [-0.4, -0.2) is 35.8 Å². The lowest BCUT2D eigenvalue weighted by Gasteiger charge is -2.22. The van der Waals surface area contributed by atoms with Crippen LogP contribution in [0.3, 0.4) is 0 Å². The number of aliphatic carboxylic acids is 1. The molecule has 1 unspecified atom stereocenters. The van der Waals surface area contributed by atoms with Gasteiger partial charge in [0.05, 0.1) is 30.0 Å². The third-order valence-electron chi connectivity index (χ3n) is 5.96. The van der Waals surface area contributed by atoms with Crippen molar-refractivity contribution in [1.82, 2.24) is 4.57 Å². The Balaban J connectivity index is 0.000000909. The number of nitrogens with zero attached hydrogens (tertiary/aromatic N) is 2. The molecule has 1 aliphatic heterocycles. The summed E-state index contributed by atoms with van der Waals surface area (Å²) in [6.45, 7) is 3.27. The number of ether oxygens (including phenoxy) is 3. The van der Waals surface area contributed by atoms with Gasteiger partial charge in [-0.1, -0.05) is 53.8 Å². The number of rotatable bonds is 7. The normalized spacial score (nSPS) is 14.3. The van der Waals surface area contributed by atoms with Crippen molar-refractivity contribution in [2.24, 2.45) is 4.99 Å². The fourth-order valence-corrected chi connectivity index (χ4v) is 6.06. The highest BCUT2D eigenvalue weighted by Gasteiger charge is 2.33. The largest absolute Gasteiger partial charge is 0.493 e. The Morgan fingerprint density at radius 2 is 1.80 bits per heavy atom. The number of carbonyl (C=O) groups is 2. The summed E-state index contributed by atoms with van der Waals surface area (Å²) in [6.07, 6.45) is 1.80. The van der Waals surface area contributed by atoms with Crippen LogP contribution >= 0.6 is 22.7 Å². The smallest absolute Gasteiger partial charge is 0.338 e. The van der Waals surface area contributed by atoms with E-state index in [2.05, 4.69) is 4.99 Å². The molecule has 0 fully saturated rings. The van der Waals surface area contributed by atoms with Crippen LogP contribution in [-0.2, 0) is 20.9 Å². The number of benzene rings is 2. The van der Waals surface area contributed by atoms with Crippen molar-refractivity contribution in [3.05, 3.63) is 113 Å². The van der Waals surface area contributed by atoms with Crippen molar-refractivity contribution in [2.45, 2.75) is 26.5 Å². The van der Waals surface area contributed by atoms with E-state index in [1.807, 2.05) is 66.0 Å². The van der Waals surface area contributed by atoms with Crippen LogP contribution in [0.15, 0.2) is 87.1 Å². The first kappa shape index (κ1) is 29.5. The number of aromatic nitrogens is 1. The standard InChI is InChI=1S/C28H24N2O5S2.C2H4O2/c1-17-24(27(32)34-3)25(22-10-7-13-36-22)30-26(31)23(37-28(30)29-17)15-19-11-12-20(21(14-19)33-2)35-16-18-8-5-4-6-9-18;1-2(3)4/h4-15,25H,16H2,1-3H3;1H3,(H,3,4)/b23-15-;. The highest BCUT2D eigenvalue weighted by Crippen LogP contribution is 2.33. The molecule has 0 amide bonds. The Bertz CT molecular complexity index is 1750. The molecule has 1 atom stereocenters. The summed E-state index contributed by atoms with van der Waals surface area (Å²) >= 11 is 2.76. The van der Waals surface area contributed by atoms with E-state index in [1.54, 1.807) is 24.7 Å². The van der Waals surface area contributed by atoms with Gasteiger partial charge in [0.25, 0.3) is 11.5 Å². The van der Waals surface area contributed by atoms with Crippen molar-refractivity contribution in [2.75, 3.05) is 14.2 Å². The highest BCUT2D eigenvalue weighted by atomic mass is 32.1. The molecule has 2 aromatic heterocycles. The van der Waals surface area contributed by atoms with E-state index in [0.29, 0.717) is 38.7 Å². The van der Waals surface area contributed by atoms with E-state index in [9.17, 15) is 9.59 Å². The lowest BCUT2D eigenvalue weighted by molar-refractivity contribution is -0.137. The van der Waals surface area contributed by atoms with E-state index in [0.717, 1.165) is 22.9 Å². The SMILES string of the molecule is CC(=O)O.COC(=O)C1=C(C)N=c2s/c(=C\c3ccc(OCc4ccccc4)c(OC)c3)c(=O)n2C1c1cccs1. The minimum Gasteiger partial charge on any atom is -0.493 e. The van der Waals surface area contributed by atoms with E-state index in [4.69, 9.17) is 24.1 Å². The molecule has 2 aromatic carbocycles. The molecule has 0 radical (unpaired) electrons. The number of allylic oxidation sites excluding steroid dienone is 1. The number of carboxylic acids is 1. The van der Waals surface area contributed by atoms with Gasteiger partial charge in [-0.15, -0.1) is 11.3 Å². The summed E-state index contributed by atoms with van der Waals surface area (Å²) in [4.78, 5) is 41.3. The summed E-state index contributed by atoms with van der Waals surface area (Å²) in [5, 5.41) is 9.34. The molecule has 0 bridgehead atoms. The van der Waals surface area contributed by atoms with Gasteiger partial charge >= 0.3 is 5.97 Å². The maximum atomic E-state index is 13.6. The minimum atomic E-state index is -0.833. The molecule has 5 rings (SSSR count). The summed E-state index contributed by atoms with van der Waals surface area (Å²) in [7, 11) is 2.92. The van der Waals surface area contributed by atoms with Crippen LogP contribution in [0.5, 0.6) is 11.5 Å². The Morgan fingerprint density at radius 3 is 2.44 bits per heavy atom. The van der Waals surface area contributed by atoms with Crippen molar-refractivity contribution in [1.29, 1.82) is 0 Å². The van der Waals surface area contributed by atoms with Gasteiger partial charge < -0.3 is 19.3 Å². The van der Waals surface area contributed by atoms with Gasteiger partial charge in [-0.2, -0.15) is 0 Å². The summed E-state index contributed by atoms with van der Waals surface area (Å²) in [5.74, 6) is -0.150. The molecule has 9 nitrogen and oxygen atoms in total. The van der Waals surface area contributed by atoms with Crippen LogP contribution in [0.4, 0.5) is 0 Å². The van der Waals surface area contributed by atoms with Gasteiger partial charge in [0, 0.05) is 11.8 Å². The Morgan fingerprint density at radius 1 is 1.07 bits per heavy atom. The van der Waals surface area contributed by atoms with E-state index >= 15 is 0 Å². The number of hydrogen-bond acceptors (Lipinski definition) is 9. The van der Waals surface area contributed by atoms with Crippen molar-refractivity contribution in [3.63, 3.8) is 0 Å². The van der Waals surface area contributed by atoms with Crippen molar-refractivity contribution in [3.8, 4) is 11.5 Å². The Kier molecular flexibility index (Phi) is 9.53. The van der Waals surface area contributed by atoms with Gasteiger partial charge in [-0.3, -0.25) is 14.2 Å². The van der Waals surface area contributed by atoms with Gasteiger partial charge in [-0.05, 0) is 47.7 Å². The van der Waals surface area contributed by atoms with Crippen molar-refractivity contribution < 1.29 is 28.9 Å². The lowest BCUT2D eigenvalue weighted by Crippen LogP contribution is -2.39. The lowest BCUT2D eigenvalue weighted by atomic mass is 10.0. The number of methoxy groups -OCH3 is 2. The molecule has 0 spiro atoms. The quantitative estimate of drug-likeness (QED) is 0.321. The van der Waals surface area contributed by atoms with Crippen LogP contribution < -0.4 is 24.4 Å². The predicted molar refractivity (Wildman–Crippen MR) is 157 cm³/mol. The molecule has 4 aromatic rings. The topological polar surface area (TPSA) is 116 Å². The molecule has 0 saturated heterocycles. The van der Waals surface area contributed by atoms with E-state index < -0.39 is 18.0 Å². The van der Waals surface area contributed by atoms with Gasteiger partial charge in [0.2, 0.25) is 0 Å². The van der Waals surface area contributed by atoms with Crippen LogP contribution in [0.1, 0.15) is 35.9 Å². The van der Waals surface area contributed by atoms with Gasteiger partial charge in [0.1, 0.15) is 12.6 Å². The molecule has 0 aliphatic carbocycles. The fourth-order valence-electron chi connectivity index (χ4n) is 4.19. The average molecular weight is 593 g/mol. The molecule has 11 heteroatoms. The number of esters is 1. The predicted octanol–water partition coefficient (Wildman–Crippen LogP) is 4.15. The monoisotopic (exact) mass is 592 g/mol. The number of fused-ring (bicyclic) bond motifs is 1. The molecular weight excluding hydrogens is 564 g/mol. The van der Waals surface area contributed by atoms with Crippen molar-refractivity contribution >= 4 is 40.7 Å². The third kappa shape index (κ3) is 6.82. The van der Waals surface area contributed by atoms with Crippen LogP contribution in [0.25, 0.3) is 6.08 Å². The highest BCUT2D eigenvalue weighted by molar-refractivity contribution is 7.10. The number of thiazole rings is 1. The first-order chi connectivity index (χ1) is 19.7. The zero-order chi connectivity index (χ0) is 29.5. The molecule has 41 heavy (non-hydrogen) atoms. The molecule has 0 saturated carbocycles. The van der Waals surface area contributed by atoms with E-state index in [-0.39, 0.29) is 5.56 Å². The minimum absolute atomic E-state index is 0.223. The second-order valence-electron chi connectivity index (χ2n) is 8.79. The zero-order valence-electron chi connectivity index (χ0n) is 22.8. The third-order valence-corrected chi connectivity index (χ3v) is 7.87. The van der Waals surface area contributed by atoms with E-state index in [1.165, 1.54) is 29.8 Å². The summed E-state index contributed by atoms with van der Waals surface area (Å²) in [6, 6.07) is 18.6. The fraction of sp³-hybridized carbons (Fsp3) is 0.200. The first-order valence-electron chi connectivity index (χ1n) is 12.4. The summed E-state index contributed by atoms with van der Waals surface area (Å²) < 4.78 is 18.6. The molecule has 1 N–H and O–H groups in total. The second kappa shape index (κ2) is 13.2.